The normalized spacial score (nSPS) is 12.2. The zero-order chi connectivity index (χ0) is 12.7. The SMILES string of the molecule is CC(Br)CCCNC(=O)Cc1cccc(Br)c1. The van der Waals surface area contributed by atoms with Crippen LogP contribution in [0.2, 0.25) is 0 Å². The Kier molecular flexibility index (Phi) is 6.82. The van der Waals surface area contributed by atoms with E-state index in [1.54, 1.807) is 0 Å². The first-order chi connectivity index (χ1) is 8.08. The number of alkyl halides is 1. The highest BCUT2D eigenvalue weighted by atomic mass is 79.9. The van der Waals surface area contributed by atoms with Crippen LogP contribution in [0.3, 0.4) is 0 Å². The van der Waals surface area contributed by atoms with Crippen molar-refractivity contribution in [3.8, 4) is 0 Å². The second kappa shape index (κ2) is 7.88. The molecule has 0 aliphatic heterocycles. The van der Waals surface area contributed by atoms with E-state index in [0.717, 1.165) is 29.4 Å². The summed E-state index contributed by atoms with van der Waals surface area (Å²) in [6.45, 7) is 2.87. The van der Waals surface area contributed by atoms with Crippen LogP contribution in [-0.2, 0) is 11.2 Å². The monoisotopic (exact) mass is 361 g/mol. The lowest BCUT2D eigenvalue weighted by Crippen LogP contribution is -2.26. The Morgan fingerprint density at radius 2 is 2.24 bits per heavy atom. The molecule has 1 aromatic rings. The number of amides is 1. The molecule has 1 N–H and O–H groups in total. The lowest BCUT2D eigenvalue weighted by Gasteiger charge is -2.06. The first kappa shape index (κ1) is 14.7. The molecular weight excluding hydrogens is 346 g/mol. The predicted molar refractivity (Wildman–Crippen MR) is 78.5 cm³/mol. The van der Waals surface area contributed by atoms with Gasteiger partial charge in [0.1, 0.15) is 0 Å². The third-order valence-corrected chi connectivity index (χ3v) is 3.31. The van der Waals surface area contributed by atoms with Gasteiger partial charge in [-0.2, -0.15) is 0 Å². The van der Waals surface area contributed by atoms with Crippen LogP contribution in [0, 0.1) is 0 Å². The van der Waals surface area contributed by atoms with Crippen molar-refractivity contribution in [2.75, 3.05) is 6.54 Å². The topological polar surface area (TPSA) is 29.1 Å². The van der Waals surface area contributed by atoms with E-state index in [9.17, 15) is 4.79 Å². The van der Waals surface area contributed by atoms with Crippen molar-refractivity contribution in [1.29, 1.82) is 0 Å². The van der Waals surface area contributed by atoms with Crippen LogP contribution in [0.5, 0.6) is 0 Å². The Bertz CT molecular complexity index is 366. The van der Waals surface area contributed by atoms with Crippen molar-refractivity contribution < 1.29 is 4.79 Å². The third kappa shape index (κ3) is 6.84. The van der Waals surface area contributed by atoms with Gasteiger partial charge in [0, 0.05) is 15.8 Å². The van der Waals surface area contributed by atoms with Gasteiger partial charge in [0.25, 0.3) is 0 Å². The number of rotatable bonds is 6. The third-order valence-electron chi connectivity index (χ3n) is 2.35. The molecule has 1 atom stereocenters. The molecule has 2 nitrogen and oxygen atoms in total. The van der Waals surface area contributed by atoms with Gasteiger partial charge in [0.05, 0.1) is 6.42 Å². The number of carbonyl (C=O) groups is 1. The molecule has 0 heterocycles. The summed E-state index contributed by atoms with van der Waals surface area (Å²) in [6.07, 6.45) is 2.54. The predicted octanol–water partition coefficient (Wildman–Crippen LogP) is 3.67. The van der Waals surface area contributed by atoms with Crippen LogP contribution in [0.25, 0.3) is 0 Å². The maximum absolute atomic E-state index is 11.6. The second-order valence-electron chi connectivity index (χ2n) is 4.08. The highest BCUT2D eigenvalue weighted by Gasteiger charge is 2.03. The maximum Gasteiger partial charge on any atom is 0.224 e. The minimum absolute atomic E-state index is 0.0883. The van der Waals surface area contributed by atoms with Gasteiger partial charge in [-0.05, 0) is 30.5 Å². The summed E-state index contributed by atoms with van der Waals surface area (Å²) in [4.78, 5) is 12.1. The van der Waals surface area contributed by atoms with Crippen LogP contribution >= 0.6 is 31.9 Å². The molecule has 1 unspecified atom stereocenters. The molecule has 94 valence electrons. The largest absolute Gasteiger partial charge is 0.356 e. The van der Waals surface area contributed by atoms with Crippen molar-refractivity contribution in [1.82, 2.24) is 5.32 Å². The van der Waals surface area contributed by atoms with Crippen LogP contribution in [0.15, 0.2) is 28.7 Å². The fourth-order valence-electron chi connectivity index (χ4n) is 1.51. The Morgan fingerprint density at radius 1 is 1.47 bits per heavy atom. The first-order valence-electron chi connectivity index (χ1n) is 5.73. The van der Waals surface area contributed by atoms with Crippen molar-refractivity contribution in [2.24, 2.45) is 0 Å². The molecular formula is C13H17Br2NO. The molecule has 1 amide bonds. The van der Waals surface area contributed by atoms with E-state index < -0.39 is 0 Å². The van der Waals surface area contributed by atoms with E-state index in [2.05, 4.69) is 44.1 Å². The number of hydrogen-bond acceptors (Lipinski definition) is 1. The number of hydrogen-bond donors (Lipinski definition) is 1. The van der Waals surface area contributed by atoms with Gasteiger partial charge in [0.2, 0.25) is 5.91 Å². The molecule has 1 rings (SSSR count). The van der Waals surface area contributed by atoms with Crippen molar-refractivity contribution in [3.05, 3.63) is 34.3 Å². The standard InChI is InChI=1S/C13H17Br2NO/c1-10(14)4-3-7-16-13(17)9-11-5-2-6-12(15)8-11/h2,5-6,8,10H,3-4,7,9H2,1H3,(H,16,17). The van der Waals surface area contributed by atoms with Crippen LogP contribution in [-0.4, -0.2) is 17.3 Å². The van der Waals surface area contributed by atoms with E-state index in [-0.39, 0.29) is 5.91 Å². The molecule has 0 aromatic heterocycles. The smallest absolute Gasteiger partial charge is 0.224 e. The minimum Gasteiger partial charge on any atom is -0.356 e. The zero-order valence-corrected chi connectivity index (χ0v) is 13.1. The fourth-order valence-corrected chi connectivity index (χ4v) is 2.28. The lowest BCUT2D eigenvalue weighted by molar-refractivity contribution is -0.120. The number of halogens is 2. The Labute approximate surface area is 119 Å². The summed E-state index contributed by atoms with van der Waals surface area (Å²) in [6, 6.07) is 7.84. The Balaban J connectivity index is 2.25. The molecule has 0 spiro atoms. The van der Waals surface area contributed by atoms with Gasteiger partial charge in [-0.15, -0.1) is 0 Å². The van der Waals surface area contributed by atoms with E-state index >= 15 is 0 Å². The van der Waals surface area contributed by atoms with Gasteiger partial charge < -0.3 is 5.32 Å². The molecule has 0 bridgehead atoms. The van der Waals surface area contributed by atoms with Gasteiger partial charge in [-0.1, -0.05) is 50.9 Å². The average molecular weight is 363 g/mol. The van der Waals surface area contributed by atoms with Crippen molar-refractivity contribution in [2.45, 2.75) is 31.0 Å². The number of benzene rings is 1. The van der Waals surface area contributed by atoms with Crippen LogP contribution in [0.4, 0.5) is 0 Å². The quantitative estimate of drug-likeness (QED) is 0.607. The van der Waals surface area contributed by atoms with Crippen LogP contribution < -0.4 is 5.32 Å². The average Bonchev–Trinajstić information content (AvgIpc) is 2.24. The second-order valence-corrected chi connectivity index (χ2v) is 6.56. The summed E-state index contributed by atoms with van der Waals surface area (Å²) in [5, 5.41) is 2.93. The zero-order valence-electron chi connectivity index (χ0n) is 9.88. The first-order valence-corrected chi connectivity index (χ1v) is 7.44. The van der Waals surface area contributed by atoms with Gasteiger partial charge in [-0.25, -0.2) is 0 Å². The minimum atomic E-state index is 0.0883. The molecule has 0 aliphatic carbocycles. The van der Waals surface area contributed by atoms with Crippen LogP contribution in [0.1, 0.15) is 25.3 Å². The van der Waals surface area contributed by atoms with Crippen molar-refractivity contribution in [3.63, 3.8) is 0 Å². The van der Waals surface area contributed by atoms with Gasteiger partial charge in [0.15, 0.2) is 0 Å². The highest BCUT2D eigenvalue weighted by Crippen LogP contribution is 2.12. The molecule has 1 aromatic carbocycles. The lowest BCUT2D eigenvalue weighted by atomic mass is 10.1. The van der Waals surface area contributed by atoms with E-state index in [1.807, 2.05) is 24.3 Å². The van der Waals surface area contributed by atoms with E-state index in [0.29, 0.717) is 11.2 Å². The molecule has 0 saturated carbocycles. The Hall–Kier alpha value is -0.350. The molecule has 0 fully saturated rings. The van der Waals surface area contributed by atoms with Gasteiger partial charge in [-0.3, -0.25) is 4.79 Å². The summed E-state index contributed by atoms with van der Waals surface area (Å²) < 4.78 is 1.01. The summed E-state index contributed by atoms with van der Waals surface area (Å²) in [5.41, 5.74) is 1.03. The Morgan fingerprint density at radius 3 is 2.88 bits per heavy atom. The summed E-state index contributed by atoms with van der Waals surface area (Å²) in [7, 11) is 0. The highest BCUT2D eigenvalue weighted by molar-refractivity contribution is 9.10. The summed E-state index contributed by atoms with van der Waals surface area (Å²) >= 11 is 6.88. The molecule has 0 radical (unpaired) electrons. The molecule has 0 saturated heterocycles. The van der Waals surface area contributed by atoms with Crippen molar-refractivity contribution >= 4 is 37.8 Å². The fraction of sp³-hybridized carbons (Fsp3) is 0.462. The number of nitrogens with one attached hydrogen (secondary N) is 1. The number of carbonyl (C=O) groups excluding carboxylic acids is 1. The van der Waals surface area contributed by atoms with Gasteiger partial charge >= 0.3 is 0 Å². The van der Waals surface area contributed by atoms with E-state index in [1.165, 1.54) is 0 Å². The molecule has 0 aliphatic rings. The molecule has 4 heteroatoms. The van der Waals surface area contributed by atoms with E-state index in [4.69, 9.17) is 0 Å². The summed E-state index contributed by atoms with van der Waals surface area (Å²) in [5.74, 6) is 0.0883. The molecule has 17 heavy (non-hydrogen) atoms. The maximum atomic E-state index is 11.6.